The number of carbonyl (C=O) groups excluding carboxylic acids is 1. The van der Waals surface area contributed by atoms with Gasteiger partial charge < -0.3 is 10.6 Å². The van der Waals surface area contributed by atoms with Gasteiger partial charge in [-0.1, -0.05) is 119 Å². The third-order valence-corrected chi connectivity index (χ3v) is 7.72. The summed E-state index contributed by atoms with van der Waals surface area (Å²) in [6, 6.07) is 40.8. The van der Waals surface area contributed by atoms with E-state index in [2.05, 4.69) is 63.0 Å². The molecule has 0 heterocycles. The minimum absolute atomic E-state index is 0.0314. The molecule has 6 heteroatoms. The lowest BCUT2D eigenvalue weighted by Gasteiger charge is -2.38. The zero-order chi connectivity index (χ0) is 28.8. The van der Waals surface area contributed by atoms with Gasteiger partial charge in [0.05, 0.1) is 0 Å². The summed E-state index contributed by atoms with van der Waals surface area (Å²) in [6.07, 6.45) is 0.445. The van der Waals surface area contributed by atoms with Gasteiger partial charge in [0.25, 0.3) is 0 Å². The lowest BCUT2D eigenvalue weighted by atomic mass is 9.76. The fourth-order valence-electron chi connectivity index (χ4n) is 5.16. The average Bonchev–Trinajstić information content (AvgIpc) is 2.98. The summed E-state index contributed by atoms with van der Waals surface area (Å²) in [5.74, 6) is -0.673. The van der Waals surface area contributed by atoms with E-state index in [1.807, 2.05) is 72.8 Å². The van der Waals surface area contributed by atoms with Crippen LogP contribution in [0.1, 0.15) is 40.3 Å². The molecule has 4 nitrogen and oxygen atoms in total. The third-order valence-electron chi connectivity index (χ3n) is 6.98. The van der Waals surface area contributed by atoms with E-state index in [-0.39, 0.29) is 17.6 Å². The monoisotopic (exact) mass is 605 g/mol. The standard InChI is InChI=1S/C35H29BrFN3O/c1-24(41)39-34(38)31-22-26(20-25-12-11-19-30(37)21-25)32(36)23-33(31)40-35(27-13-5-2-6-14-27,28-15-7-3-8-16-28)29-17-9-4-10-18-29/h2-19,21-23,40H,20H2,1H3,(H2,38,39,41). The molecule has 0 saturated heterocycles. The van der Waals surface area contributed by atoms with Crippen molar-refractivity contribution in [3.8, 4) is 0 Å². The molecule has 5 aromatic carbocycles. The molecule has 41 heavy (non-hydrogen) atoms. The molecule has 5 aromatic rings. The zero-order valence-corrected chi connectivity index (χ0v) is 24.1. The van der Waals surface area contributed by atoms with Crippen LogP contribution in [0, 0.1) is 11.2 Å². The van der Waals surface area contributed by atoms with Gasteiger partial charge in [-0.05, 0) is 58.5 Å². The predicted octanol–water partition coefficient (Wildman–Crippen LogP) is 8.04. The van der Waals surface area contributed by atoms with Gasteiger partial charge >= 0.3 is 0 Å². The van der Waals surface area contributed by atoms with Crippen LogP contribution in [-0.4, -0.2) is 11.7 Å². The van der Waals surface area contributed by atoms with Gasteiger partial charge in [0.2, 0.25) is 5.91 Å². The summed E-state index contributed by atoms with van der Waals surface area (Å²) in [5.41, 5.74) is 5.01. The molecule has 1 amide bonds. The van der Waals surface area contributed by atoms with Crippen molar-refractivity contribution >= 4 is 33.4 Å². The molecule has 0 radical (unpaired) electrons. The number of benzene rings is 5. The van der Waals surface area contributed by atoms with E-state index >= 15 is 0 Å². The Morgan fingerprint density at radius 2 is 1.32 bits per heavy atom. The largest absolute Gasteiger partial charge is 0.367 e. The molecule has 204 valence electrons. The van der Waals surface area contributed by atoms with E-state index in [0.29, 0.717) is 17.7 Å². The highest BCUT2D eigenvalue weighted by Crippen LogP contribution is 2.41. The molecule has 0 aliphatic rings. The molecule has 0 aliphatic heterocycles. The number of hydrogen-bond donors (Lipinski definition) is 3. The highest BCUT2D eigenvalue weighted by molar-refractivity contribution is 9.10. The molecule has 5 rings (SSSR count). The predicted molar refractivity (Wildman–Crippen MR) is 167 cm³/mol. The minimum Gasteiger partial charge on any atom is -0.367 e. The van der Waals surface area contributed by atoms with Crippen LogP contribution in [0.5, 0.6) is 0 Å². The molecule has 0 atom stereocenters. The first-order valence-corrected chi connectivity index (χ1v) is 14.0. The van der Waals surface area contributed by atoms with Crippen molar-refractivity contribution in [2.75, 3.05) is 5.32 Å². The van der Waals surface area contributed by atoms with E-state index < -0.39 is 5.54 Å². The Balaban J connectivity index is 1.73. The van der Waals surface area contributed by atoms with Crippen LogP contribution >= 0.6 is 15.9 Å². The van der Waals surface area contributed by atoms with Crippen LogP contribution in [0.3, 0.4) is 0 Å². The van der Waals surface area contributed by atoms with Crippen LogP contribution in [0.25, 0.3) is 0 Å². The number of rotatable bonds is 8. The first kappa shape index (κ1) is 28.0. The Labute approximate surface area is 247 Å². The van der Waals surface area contributed by atoms with E-state index in [0.717, 1.165) is 32.3 Å². The second-order valence-corrected chi connectivity index (χ2v) is 10.7. The summed E-state index contributed by atoms with van der Waals surface area (Å²) in [7, 11) is 0. The van der Waals surface area contributed by atoms with Crippen molar-refractivity contribution < 1.29 is 9.18 Å². The molecule has 0 unspecified atom stereocenters. The van der Waals surface area contributed by atoms with Crippen molar-refractivity contribution in [1.29, 1.82) is 5.41 Å². The van der Waals surface area contributed by atoms with Gasteiger partial charge in [-0.2, -0.15) is 0 Å². The average molecular weight is 607 g/mol. The highest BCUT2D eigenvalue weighted by Gasteiger charge is 2.37. The van der Waals surface area contributed by atoms with Gasteiger partial charge in [0, 0.05) is 22.6 Å². The molecular weight excluding hydrogens is 577 g/mol. The van der Waals surface area contributed by atoms with Crippen molar-refractivity contribution in [3.05, 3.63) is 171 Å². The van der Waals surface area contributed by atoms with Crippen molar-refractivity contribution in [3.63, 3.8) is 0 Å². The van der Waals surface area contributed by atoms with Crippen LogP contribution in [-0.2, 0) is 16.8 Å². The molecule has 0 bridgehead atoms. The zero-order valence-electron chi connectivity index (χ0n) is 22.5. The summed E-state index contributed by atoms with van der Waals surface area (Å²) in [4.78, 5) is 12.0. The summed E-state index contributed by atoms with van der Waals surface area (Å²) in [6.45, 7) is 1.39. The van der Waals surface area contributed by atoms with E-state index in [1.165, 1.54) is 19.1 Å². The quantitative estimate of drug-likeness (QED) is 0.0951. The fraction of sp³-hybridized carbons (Fsp3) is 0.0857. The molecule has 0 aliphatic carbocycles. The highest BCUT2D eigenvalue weighted by atomic mass is 79.9. The smallest absolute Gasteiger partial charge is 0.222 e. The molecule has 0 aromatic heterocycles. The van der Waals surface area contributed by atoms with Crippen LogP contribution in [0.4, 0.5) is 10.1 Å². The molecule has 0 fully saturated rings. The van der Waals surface area contributed by atoms with E-state index in [1.54, 1.807) is 6.07 Å². The Morgan fingerprint density at radius 1 is 0.780 bits per heavy atom. The molecule has 0 saturated carbocycles. The molecular formula is C35H29BrFN3O. The first-order valence-electron chi connectivity index (χ1n) is 13.2. The summed E-state index contributed by atoms with van der Waals surface area (Å²) in [5, 5.41) is 15.3. The maximum Gasteiger partial charge on any atom is 0.222 e. The number of amidine groups is 1. The third kappa shape index (κ3) is 6.13. The summed E-state index contributed by atoms with van der Waals surface area (Å²) >= 11 is 3.74. The second kappa shape index (κ2) is 12.3. The maximum atomic E-state index is 14.0. The van der Waals surface area contributed by atoms with Gasteiger partial charge in [-0.15, -0.1) is 0 Å². The second-order valence-electron chi connectivity index (χ2n) is 9.83. The van der Waals surface area contributed by atoms with Gasteiger partial charge in [-0.3, -0.25) is 10.2 Å². The Kier molecular flexibility index (Phi) is 8.41. The van der Waals surface area contributed by atoms with Gasteiger partial charge in [-0.25, -0.2) is 4.39 Å². The lowest BCUT2D eigenvalue weighted by molar-refractivity contribution is -0.117. The molecule has 0 spiro atoms. The van der Waals surface area contributed by atoms with Crippen LogP contribution in [0.15, 0.2) is 132 Å². The first-order chi connectivity index (χ1) is 19.9. The number of anilines is 1. The summed E-state index contributed by atoms with van der Waals surface area (Å²) < 4.78 is 14.7. The van der Waals surface area contributed by atoms with Crippen LogP contribution in [0.2, 0.25) is 0 Å². The van der Waals surface area contributed by atoms with E-state index in [4.69, 9.17) is 5.41 Å². The SMILES string of the molecule is CC(=O)NC(=N)c1cc(Cc2cccc(F)c2)c(Br)cc1NC(c1ccccc1)(c1ccccc1)c1ccccc1. The van der Waals surface area contributed by atoms with Crippen LogP contribution < -0.4 is 10.6 Å². The fourth-order valence-corrected chi connectivity index (χ4v) is 5.64. The number of carbonyl (C=O) groups is 1. The normalized spacial score (nSPS) is 11.1. The maximum absolute atomic E-state index is 14.0. The number of nitrogens with one attached hydrogen (secondary N) is 3. The van der Waals surface area contributed by atoms with Crippen molar-refractivity contribution in [1.82, 2.24) is 5.32 Å². The van der Waals surface area contributed by atoms with Crippen molar-refractivity contribution in [2.24, 2.45) is 0 Å². The lowest BCUT2D eigenvalue weighted by Crippen LogP contribution is -2.39. The van der Waals surface area contributed by atoms with Gasteiger partial charge in [0.1, 0.15) is 17.2 Å². The van der Waals surface area contributed by atoms with E-state index in [9.17, 15) is 9.18 Å². The topological polar surface area (TPSA) is 65.0 Å². The van der Waals surface area contributed by atoms with Gasteiger partial charge in [0.15, 0.2) is 0 Å². The minimum atomic E-state index is -0.835. The number of amides is 1. The van der Waals surface area contributed by atoms with Crippen molar-refractivity contribution in [2.45, 2.75) is 18.9 Å². The number of hydrogen-bond acceptors (Lipinski definition) is 3. The Morgan fingerprint density at radius 3 is 1.80 bits per heavy atom. The number of halogens is 2. The Bertz CT molecular complexity index is 1580. The molecule has 3 N–H and O–H groups in total. The Hall–Kier alpha value is -4.55.